The number of β-amino-alcohol motifs (C(OH)–C–C–N with tert-alkyl or cyclic N) is 1. The second-order valence-electron chi connectivity index (χ2n) is 7.96. The number of aryl methyl sites for hydroxylation is 2. The fourth-order valence-corrected chi connectivity index (χ4v) is 3.82. The largest absolute Gasteiger partial charge is 0.480 e. The van der Waals surface area contributed by atoms with Crippen molar-refractivity contribution in [3.63, 3.8) is 0 Å². The molecule has 0 radical (unpaired) electrons. The summed E-state index contributed by atoms with van der Waals surface area (Å²) in [4.78, 5) is 40.6. The van der Waals surface area contributed by atoms with Crippen LogP contribution < -0.4 is 16.0 Å². The minimum Gasteiger partial charge on any atom is -0.480 e. The average molecular weight is 419 g/mol. The molecular weight excluding hydrogens is 390 g/mol. The predicted octanol–water partition coefficient (Wildman–Crippen LogP) is 0.108. The fourth-order valence-electron chi connectivity index (χ4n) is 3.82. The van der Waals surface area contributed by atoms with E-state index in [0.717, 1.165) is 50.2 Å². The summed E-state index contributed by atoms with van der Waals surface area (Å²) in [5.74, 6) is -0.905. The van der Waals surface area contributed by atoms with Crippen molar-refractivity contribution < 1.29 is 24.6 Å². The first-order valence-corrected chi connectivity index (χ1v) is 10.3. The molecule has 164 valence electrons. The summed E-state index contributed by atoms with van der Waals surface area (Å²) in [6.45, 7) is 2.31. The molecule has 2 aliphatic heterocycles. The summed E-state index contributed by atoms with van der Waals surface area (Å²) in [7, 11) is 0. The molecule has 0 aromatic carbocycles. The van der Waals surface area contributed by atoms with Crippen molar-refractivity contribution in [1.29, 1.82) is 0 Å². The van der Waals surface area contributed by atoms with Gasteiger partial charge in [-0.1, -0.05) is 6.07 Å². The predicted molar refractivity (Wildman–Crippen MR) is 109 cm³/mol. The minimum absolute atomic E-state index is 0.151. The SMILES string of the molecule is CC(=O)NC(C(=O)O)C1(O)CN(C(=O)NCCCCc2ccc3c(n2)NCCC3)C1. The van der Waals surface area contributed by atoms with E-state index in [0.29, 0.717) is 6.54 Å². The third kappa shape index (κ3) is 5.18. The lowest BCUT2D eigenvalue weighted by molar-refractivity contribution is -0.160. The van der Waals surface area contributed by atoms with E-state index in [2.05, 4.69) is 33.1 Å². The van der Waals surface area contributed by atoms with E-state index < -0.39 is 23.5 Å². The first-order chi connectivity index (χ1) is 14.3. The molecule has 0 aliphatic carbocycles. The average Bonchev–Trinajstić information content (AvgIpc) is 2.68. The van der Waals surface area contributed by atoms with Crippen molar-refractivity contribution in [3.05, 3.63) is 23.4 Å². The molecule has 5 N–H and O–H groups in total. The highest BCUT2D eigenvalue weighted by Gasteiger charge is 2.53. The highest BCUT2D eigenvalue weighted by molar-refractivity contribution is 5.84. The third-order valence-electron chi connectivity index (χ3n) is 5.44. The topological polar surface area (TPSA) is 144 Å². The first-order valence-electron chi connectivity index (χ1n) is 10.3. The van der Waals surface area contributed by atoms with Crippen molar-refractivity contribution in [1.82, 2.24) is 20.5 Å². The van der Waals surface area contributed by atoms with Gasteiger partial charge in [-0.05, 0) is 43.7 Å². The van der Waals surface area contributed by atoms with E-state index in [4.69, 9.17) is 0 Å². The fraction of sp³-hybridized carbons (Fsp3) is 0.600. The van der Waals surface area contributed by atoms with E-state index in [1.807, 2.05) is 0 Å². The van der Waals surface area contributed by atoms with Crippen molar-refractivity contribution in [3.8, 4) is 0 Å². The van der Waals surface area contributed by atoms with E-state index in [1.165, 1.54) is 17.4 Å². The molecule has 10 heteroatoms. The van der Waals surface area contributed by atoms with Crippen LogP contribution in [0.1, 0.15) is 37.4 Å². The second-order valence-corrected chi connectivity index (χ2v) is 7.96. The number of carbonyl (C=O) groups is 3. The number of hydrogen-bond donors (Lipinski definition) is 5. The van der Waals surface area contributed by atoms with E-state index in [9.17, 15) is 24.6 Å². The molecule has 1 atom stereocenters. The number of unbranched alkanes of at least 4 members (excludes halogenated alkanes) is 1. The van der Waals surface area contributed by atoms with Crippen molar-refractivity contribution in [2.45, 2.75) is 50.7 Å². The summed E-state index contributed by atoms with van der Waals surface area (Å²) in [5, 5.41) is 27.9. The Morgan fingerprint density at radius 3 is 2.77 bits per heavy atom. The Morgan fingerprint density at radius 2 is 2.07 bits per heavy atom. The Hall–Kier alpha value is -2.88. The molecule has 0 bridgehead atoms. The van der Waals surface area contributed by atoms with Crippen LogP contribution in [0.3, 0.4) is 0 Å². The minimum atomic E-state index is -1.67. The highest BCUT2D eigenvalue weighted by Crippen LogP contribution is 2.25. The van der Waals surface area contributed by atoms with Crippen LogP contribution in [0.15, 0.2) is 12.1 Å². The molecule has 1 aromatic rings. The number of carbonyl (C=O) groups excluding carboxylic acids is 2. The maximum atomic E-state index is 12.2. The molecular formula is C20H29N5O5. The lowest BCUT2D eigenvalue weighted by atomic mass is 9.86. The molecule has 1 unspecified atom stereocenters. The van der Waals surface area contributed by atoms with Crippen molar-refractivity contribution >= 4 is 23.7 Å². The van der Waals surface area contributed by atoms with Gasteiger partial charge in [0, 0.05) is 25.7 Å². The van der Waals surface area contributed by atoms with Crippen LogP contribution in [0, 0.1) is 0 Å². The second kappa shape index (κ2) is 9.29. The molecule has 1 aromatic heterocycles. The first kappa shape index (κ1) is 21.8. The monoisotopic (exact) mass is 419 g/mol. The van der Waals surface area contributed by atoms with Crippen LogP contribution in [0.5, 0.6) is 0 Å². The lowest BCUT2D eigenvalue weighted by Crippen LogP contribution is -2.74. The number of nitrogens with one attached hydrogen (secondary N) is 3. The maximum absolute atomic E-state index is 12.2. The van der Waals surface area contributed by atoms with E-state index in [1.54, 1.807) is 0 Å². The van der Waals surface area contributed by atoms with Gasteiger partial charge in [0.25, 0.3) is 0 Å². The normalized spacial score (nSPS) is 17.7. The number of nitrogens with zero attached hydrogens (tertiary/aromatic N) is 2. The molecule has 3 heterocycles. The van der Waals surface area contributed by atoms with Gasteiger partial charge in [0.2, 0.25) is 5.91 Å². The number of rotatable bonds is 8. The van der Waals surface area contributed by atoms with Crippen LogP contribution >= 0.6 is 0 Å². The summed E-state index contributed by atoms with van der Waals surface area (Å²) < 4.78 is 0. The number of pyridine rings is 1. The van der Waals surface area contributed by atoms with Crippen LogP contribution in [0.2, 0.25) is 0 Å². The van der Waals surface area contributed by atoms with Gasteiger partial charge in [-0.3, -0.25) is 4.79 Å². The van der Waals surface area contributed by atoms with Gasteiger partial charge in [-0.15, -0.1) is 0 Å². The van der Waals surface area contributed by atoms with Gasteiger partial charge in [-0.25, -0.2) is 14.6 Å². The van der Waals surface area contributed by atoms with Crippen LogP contribution in [0.25, 0.3) is 0 Å². The zero-order valence-electron chi connectivity index (χ0n) is 17.1. The molecule has 1 saturated heterocycles. The van der Waals surface area contributed by atoms with Gasteiger partial charge in [0.1, 0.15) is 11.4 Å². The van der Waals surface area contributed by atoms with Gasteiger partial charge >= 0.3 is 12.0 Å². The number of likely N-dealkylation sites (tertiary alicyclic amines) is 1. The Morgan fingerprint density at radius 1 is 1.30 bits per heavy atom. The number of aliphatic hydroxyl groups is 1. The third-order valence-corrected chi connectivity index (χ3v) is 5.44. The zero-order valence-corrected chi connectivity index (χ0v) is 17.1. The molecule has 0 saturated carbocycles. The number of carboxylic acid groups (broad SMARTS) is 1. The van der Waals surface area contributed by atoms with Crippen LogP contribution in [-0.4, -0.2) is 75.8 Å². The Kier molecular flexibility index (Phi) is 6.76. The summed E-state index contributed by atoms with van der Waals surface area (Å²) in [6, 6.07) is 2.38. The molecule has 0 spiro atoms. The van der Waals surface area contributed by atoms with Crippen molar-refractivity contribution in [2.24, 2.45) is 0 Å². The highest BCUT2D eigenvalue weighted by atomic mass is 16.4. The van der Waals surface area contributed by atoms with Crippen molar-refractivity contribution in [2.75, 3.05) is 31.5 Å². The Labute approximate surface area is 175 Å². The quantitative estimate of drug-likeness (QED) is 0.376. The zero-order chi connectivity index (χ0) is 21.7. The van der Waals surface area contributed by atoms with Gasteiger partial charge in [0.05, 0.1) is 13.1 Å². The lowest BCUT2D eigenvalue weighted by Gasteiger charge is -2.48. The number of anilines is 1. The molecule has 3 amide bonds. The van der Waals surface area contributed by atoms with Crippen LogP contribution in [0.4, 0.5) is 10.6 Å². The number of aliphatic carboxylic acids is 1. The van der Waals surface area contributed by atoms with E-state index >= 15 is 0 Å². The molecule has 30 heavy (non-hydrogen) atoms. The number of amides is 3. The van der Waals surface area contributed by atoms with Gasteiger partial charge in [-0.2, -0.15) is 0 Å². The summed E-state index contributed by atoms with van der Waals surface area (Å²) >= 11 is 0. The van der Waals surface area contributed by atoms with Crippen LogP contribution in [-0.2, 0) is 22.4 Å². The smallest absolute Gasteiger partial charge is 0.329 e. The number of carboxylic acids is 1. The number of fused-ring (bicyclic) bond motifs is 1. The Balaban J connectivity index is 1.36. The molecule has 3 rings (SSSR count). The number of urea groups is 1. The maximum Gasteiger partial charge on any atom is 0.329 e. The number of aromatic nitrogens is 1. The van der Waals surface area contributed by atoms with Gasteiger partial charge in [0.15, 0.2) is 6.04 Å². The number of hydrogen-bond acceptors (Lipinski definition) is 6. The van der Waals surface area contributed by atoms with E-state index in [-0.39, 0.29) is 19.1 Å². The van der Waals surface area contributed by atoms with Gasteiger partial charge < -0.3 is 31.1 Å². The molecule has 1 fully saturated rings. The standard InChI is InChI=1S/C20H29N5O5/c1-13(26)23-16(18(27)28)20(30)11-25(12-20)19(29)22-9-3-2-6-15-8-7-14-5-4-10-21-17(14)24-15/h7-8,16,30H,2-6,9-12H2,1H3,(H,21,24)(H,22,29)(H,23,26)(H,27,28). The summed E-state index contributed by atoms with van der Waals surface area (Å²) in [6.07, 6.45) is 4.67. The Bertz CT molecular complexity index is 809. The summed E-state index contributed by atoms with van der Waals surface area (Å²) in [5.41, 5.74) is 0.622. The molecule has 2 aliphatic rings. The molecule has 10 nitrogen and oxygen atoms in total.